The topological polar surface area (TPSA) is 69.6 Å². The third-order valence-corrected chi connectivity index (χ3v) is 2.18. The molecule has 5 nitrogen and oxygen atoms in total. The molecule has 0 aliphatic rings. The number of tetrazole rings is 1. The van der Waals surface area contributed by atoms with Gasteiger partial charge in [-0.1, -0.05) is 13.3 Å². The summed E-state index contributed by atoms with van der Waals surface area (Å²) in [6, 6.07) is 0. The molecule has 1 aromatic heterocycles. The molecule has 1 heterocycles. The van der Waals surface area contributed by atoms with Crippen LogP contribution in [0.2, 0.25) is 0 Å². The Morgan fingerprint density at radius 3 is 2.86 bits per heavy atom. The number of hydrogen-bond donors (Lipinski definition) is 1. The first-order valence-corrected chi connectivity index (χ1v) is 5.33. The standard InChI is InChI=1S/C9H19N5/c1-2-3-6-9-11-12-13-14(9)8-5-4-7-10/h2-8,10H2,1H3. The Balaban J connectivity index is 2.37. The number of aryl methyl sites for hydroxylation is 2. The van der Waals surface area contributed by atoms with Crippen LogP contribution in [0.5, 0.6) is 0 Å². The summed E-state index contributed by atoms with van der Waals surface area (Å²) in [4.78, 5) is 0. The van der Waals surface area contributed by atoms with E-state index in [-0.39, 0.29) is 0 Å². The Morgan fingerprint density at radius 1 is 1.29 bits per heavy atom. The van der Waals surface area contributed by atoms with Gasteiger partial charge in [0.25, 0.3) is 0 Å². The van der Waals surface area contributed by atoms with Crippen LogP contribution in [-0.2, 0) is 13.0 Å². The molecule has 0 aliphatic carbocycles. The van der Waals surface area contributed by atoms with Crippen molar-refractivity contribution in [1.29, 1.82) is 0 Å². The highest BCUT2D eigenvalue weighted by Crippen LogP contribution is 2.01. The minimum absolute atomic E-state index is 0.742. The van der Waals surface area contributed by atoms with E-state index in [1.54, 1.807) is 0 Å². The molecular formula is C9H19N5. The van der Waals surface area contributed by atoms with Crippen molar-refractivity contribution in [3.05, 3.63) is 5.82 Å². The fraction of sp³-hybridized carbons (Fsp3) is 0.889. The second kappa shape index (κ2) is 6.48. The fourth-order valence-corrected chi connectivity index (χ4v) is 1.32. The predicted octanol–water partition coefficient (Wildman–Crippen LogP) is 0.755. The molecule has 0 atom stereocenters. The molecule has 0 amide bonds. The van der Waals surface area contributed by atoms with E-state index in [0.717, 1.165) is 44.6 Å². The molecule has 0 radical (unpaired) electrons. The smallest absolute Gasteiger partial charge is 0.151 e. The first-order chi connectivity index (χ1) is 6.88. The Morgan fingerprint density at radius 2 is 2.14 bits per heavy atom. The van der Waals surface area contributed by atoms with Crippen molar-refractivity contribution in [3.63, 3.8) is 0 Å². The predicted molar refractivity (Wildman–Crippen MR) is 54.7 cm³/mol. The zero-order chi connectivity index (χ0) is 10.2. The Labute approximate surface area is 84.7 Å². The molecule has 1 rings (SSSR count). The van der Waals surface area contributed by atoms with Crippen molar-refractivity contribution in [2.45, 2.75) is 45.6 Å². The number of hydrogen-bond acceptors (Lipinski definition) is 4. The highest BCUT2D eigenvalue weighted by Gasteiger charge is 2.03. The van der Waals surface area contributed by atoms with Crippen LogP contribution in [0, 0.1) is 0 Å². The van der Waals surface area contributed by atoms with Crippen molar-refractivity contribution < 1.29 is 0 Å². The van der Waals surface area contributed by atoms with Gasteiger partial charge in [-0.2, -0.15) is 0 Å². The lowest BCUT2D eigenvalue weighted by Crippen LogP contribution is -2.08. The average molecular weight is 197 g/mol. The van der Waals surface area contributed by atoms with Crippen molar-refractivity contribution in [2.75, 3.05) is 6.54 Å². The summed E-state index contributed by atoms with van der Waals surface area (Å²) < 4.78 is 1.89. The van der Waals surface area contributed by atoms with Gasteiger partial charge in [-0.3, -0.25) is 0 Å². The monoisotopic (exact) mass is 197 g/mol. The van der Waals surface area contributed by atoms with Crippen molar-refractivity contribution in [3.8, 4) is 0 Å². The van der Waals surface area contributed by atoms with Crippen LogP contribution >= 0.6 is 0 Å². The van der Waals surface area contributed by atoms with Crippen LogP contribution < -0.4 is 5.73 Å². The van der Waals surface area contributed by atoms with E-state index >= 15 is 0 Å². The van der Waals surface area contributed by atoms with Gasteiger partial charge in [0.1, 0.15) is 0 Å². The van der Waals surface area contributed by atoms with Crippen molar-refractivity contribution in [1.82, 2.24) is 20.2 Å². The SMILES string of the molecule is CCCCc1nnnn1CCCCN. The van der Waals surface area contributed by atoms with Crippen LogP contribution in [-0.4, -0.2) is 26.8 Å². The molecule has 80 valence electrons. The molecule has 0 bridgehead atoms. The van der Waals surface area contributed by atoms with Gasteiger partial charge in [-0.05, 0) is 36.2 Å². The van der Waals surface area contributed by atoms with Gasteiger partial charge in [-0.25, -0.2) is 4.68 Å². The average Bonchev–Trinajstić information content (AvgIpc) is 2.63. The molecular weight excluding hydrogens is 178 g/mol. The molecule has 5 heteroatoms. The maximum Gasteiger partial charge on any atom is 0.151 e. The summed E-state index contributed by atoms with van der Waals surface area (Å²) >= 11 is 0. The first-order valence-electron chi connectivity index (χ1n) is 5.33. The maximum atomic E-state index is 5.43. The quantitative estimate of drug-likeness (QED) is 0.655. The zero-order valence-electron chi connectivity index (χ0n) is 8.82. The number of unbranched alkanes of at least 4 members (excludes halogenated alkanes) is 2. The Kier molecular flexibility index (Phi) is 5.14. The van der Waals surface area contributed by atoms with Crippen LogP contribution in [0.4, 0.5) is 0 Å². The summed E-state index contributed by atoms with van der Waals surface area (Å²) in [5, 5.41) is 11.6. The fourth-order valence-electron chi connectivity index (χ4n) is 1.32. The molecule has 2 N–H and O–H groups in total. The van der Waals surface area contributed by atoms with E-state index < -0.39 is 0 Å². The van der Waals surface area contributed by atoms with E-state index in [9.17, 15) is 0 Å². The lowest BCUT2D eigenvalue weighted by Gasteiger charge is -2.02. The van der Waals surface area contributed by atoms with Crippen molar-refractivity contribution in [2.24, 2.45) is 5.73 Å². The van der Waals surface area contributed by atoms with Gasteiger partial charge < -0.3 is 5.73 Å². The van der Waals surface area contributed by atoms with Gasteiger partial charge in [0.05, 0.1) is 0 Å². The van der Waals surface area contributed by atoms with E-state index in [1.807, 2.05) is 4.68 Å². The lowest BCUT2D eigenvalue weighted by molar-refractivity contribution is 0.521. The van der Waals surface area contributed by atoms with Gasteiger partial charge >= 0.3 is 0 Å². The highest BCUT2D eigenvalue weighted by molar-refractivity contribution is 4.80. The second-order valence-electron chi connectivity index (χ2n) is 3.42. The number of nitrogens with zero attached hydrogens (tertiary/aromatic N) is 4. The van der Waals surface area contributed by atoms with Crippen LogP contribution in [0.1, 0.15) is 38.4 Å². The van der Waals surface area contributed by atoms with Gasteiger partial charge in [-0.15, -0.1) is 5.10 Å². The molecule has 0 spiro atoms. The molecule has 0 saturated heterocycles. The van der Waals surface area contributed by atoms with Crippen LogP contribution in [0.3, 0.4) is 0 Å². The van der Waals surface area contributed by atoms with E-state index in [4.69, 9.17) is 5.73 Å². The molecule has 0 aliphatic heterocycles. The number of aromatic nitrogens is 4. The molecule has 0 aromatic carbocycles. The van der Waals surface area contributed by atoms with Crippen LogP contribution in [0.25, 0.3) is 0 Å². The molecule has 0 saturated carbocycles. The largest absolute Gasteiger partial charge is 0.330 e. The molecule has 0 fully saturated rings. The minimum atomic E-state index is 0.742. The van der Waals surface area contributed by atoms with Crippen LogP contribution in [0.15, 0.2) is 0 Å². The van der Waals surface area contributed by atoms with Gasteiger partial charge in [0, 0.05) is 13.0 Å². The summed E-state index contributed by atoms with van der Waals surface area (Å²) in [5.41, 5.74) is 5.43. The minimum Gasteiger partial charge on any atom is -0.330 e. The third kappa shape index (κ3) is 3.41. The molecule has 14 heavy (non-hydrogen) atoms. The summed E-state index contributed by atoms with van der Waals surface area (Å²) in [6.07, 6.45) is 5.40. The first kappa shape index (κ1) is 11.1. The normalized spacial score (nSPS) is 10.7. The Hall–Kier alpha value is -0.970. The van der Waals surface area contributed by atoms with Gasteiger partial charge in [0.2, 0.25) is 0 Å². The van der Waals surface area contributed by atoms with E-state index in [1.165, 1.54) is 6.42 Å². The summed E-state index contributed by atoms with van der Waals surface area (Å²) in [7, 11) is 0. The highest BCUT2D eigenvalue weighted by atomic mass is 15.5. The molecule has 1 aromatic rings. The summed E-state index contributed by atoms with van der Waals surface area (Å²) in [5.74, 6) is 1.00. The van der Waals surface area contributed by atoms with E-state index in [0.29, 0.717) is 0 Å². The number of rotatable bonds is 7. The zero-order valence-corrected chi connectivity index (χ0v) is 8.82. The third-order valence-electron chi connectivity index (χ3n) is 2.18. The van der Waals surface area contributed by atoms with Gasteiger partial charge in [0.15, 0.2) is 5.82 Å². The maximum absolute atomic E-state index is 5.43. The summed E-state index contributed by atoms with van der Waals surface area (Å²) in [6.45, 7) is 3.80. The second-order valence-corrected chi connectivity index (χ2v) is 3.42. The molecule has 0 unspecified atom stereocenters. The van der Waals surface area contributed by atoms with E-state index in [2.05, 4.69) is 22.4 Å². The van der Waals surface area contributed by atoms with Crippen molar-refractivity contribution >= 4 is 0 Å². The Bertz CT molecular complexity index is 245. The number of nitrogens with two attached hydrogens (primary N) is 1. The lowest BCUT2D eigenvalue weighted by atomic mass is 10.2.